The minimum atomic E-state index is -0.507. The van der Waals surface area contributed by atoms with E-state index in [1.165, 1.54) is 6.42 Å². The highest BCUT2D eigenvalue weighted by Crippen LogP contribution is 2.35. The molecule has 2 unspecified atom stereocenters. The van der Waals surface area contributed by atoms with Crippen molar-refractivity contribution in [2.24, 2.45) is 11.8 Å². The zero-order valence-electron chi connectivity index (χ0n) is 11.6. The van der Waals surface area contributed by atoms with Crippen LogP contribution in [0, 0.1) is 11.8 Å². The molecule has 0 amide bonds. The lowest BCUT2D eigenvalue weighted by atomic mass is 9.85. The lowest BCUT2D eigenvalue weighted by Gasteiger charge is -2.27. The van der Waals surface area contributed by atoms with E-state index in [0.717, 1.165) is 49.5 Å². The van der Waals surface area contributed by atoms with Crippen LogP contribution in [0.25, 0.3) is 0 Å². The number of nitrogens with zero attached hydrogens (tertiary/aromatic N) is 1. The molecule has 1 saturated carbocycles. The van der Waals surface area contributed by atoms with E-state index >= 15 is 0 Å². The molecule has 0 aromatic carbocycles. The van der Waals surface area contributed by atoms with Gasteiger partial charge in [-0.2, -0.15) is 0 Å². The summed E-state index contributed by atoms with van der Waals surface area (Å²) in [6.45, 7) is 4.60. The number of rotatable bonds is 3. The molecule has 1 heterocycles. The molecule has 2 nitrogen and oxygen atoms in total. The molecule has 1 aromatic heterocycles. The fourth-order valence-electron chi connectivity index (χ4n) is 3.14. The van der Waals surface area contributed by atoms with Gasteiger partial charge in [0.05, 0.1) is 5.60 Å². The summed E-state index contributed by atoms with van der Waals surface area (Å²) in [5.41, 5.74) is 0.648. The van der Waals surface area contributed by atoms with Crippen molar-refractivity contribution in [1.29, 1.82) is 0 Å². The molecule has 1 aromatic rings. The molecule has 1 N–H and O–H groups in total. The summed E-state index contributed by atoms with van der Waals surface area (Å²) in [6.07, 6.45) is 9.88. The lowest BCUT2D eigenvalue weighted by molar-refractivity contribution is 0.0236. The molecule has 0 bridgehead atoms. The second kappa shape index (κ2) is 5.83. The maximum atomic E-state index is 10.8. The van der Waals surface area contributed by atoms with Gasteiger partial charge < -0.3 is 5.11 Å². The van der Waals surface area contributed by atoms with E-state index in [-0.39, 0.29) is 0 Å². The molecule has 2 rings (SSSR count). The number of hydrogen-bond donors (Lipinski definition) is 1. The Morgan fingerprint density at radius 2 is 2.22 bits per heavy atom. The van der Waals surface area contributed by atoms with Crippen molar-refractivity contribution in [1.82, 2.24) is 4.98 Å². The van der Waals surface area contributed by atoms with Crippen molar-refractivity contribution in [3.63, 3.8) is 0 Å². The minimum Gasteiger partial charge on any atom is -0.390 e. The molecule has 0 radical (unpaired) electrons. The molecule has 0 spiro atoms. The maximum absolute atomic E-state index is 10.8. The first-order valence-electron chi connectivity index (χ1n) is 7.20. The molecule has 0 saturated heterocycles. The summed E-state index contributed by atoms with van der Waals surface area (Å²) >= 11 is 0. The van der Waals surface area contributed by atoms with E-state index in [9.17, 15) is 5.11 Å². The van der Waals surface area contributed by atoms with Crippen molar-refractivity contribution >= 4 is 0 Å². The largest absolute Gasteiger partial charge is 0.390 e. The van der Waals surface area contributed by atoms with Gasteiger partial charge in [0.2, 0.25) is 0 Å². The van der Waals surface area contributed by atoms with Gasteiger partial charge in [-0.1, -0.05) is 32.8 Å². The molecule has 1 fully saturated rings. The van der Waals surface area contributed by atoms with Crippen molar-refractivity contribution < 1.29 is 5.11 Å². The zero-order chi connectivity index (χ0) is 13.0. The minimum absolute atomic E-state index is 0.507. The predicted octanol–water partition coefficient (Wildman–Crippen LogP) is 3.59. The average Bonchev–Trinajstić information content (AvgIpc) is 2.52. The molecule has 2 atom stereocenters. The van der Waals surface area contributed by atoms with Gasteiger partial charge in [-0.15, -0.1) is 0 Å². The summed E-state index contributed by atoms with van der Waals surface area (Å²) in [5.74, 6) is 1.53. The summed E-state index contributed by atoms with van der Waals surface area (Å²) in [6, 6.07) is 4.02. The summed E-state index contributed by atoms with van der Waals surface area (Å²) in [4.78, 5) is 4.14. The summed E-state index contributed by atoms with van der Waals surface area (Å²) in [5, 5.41) is 10.8. The van der Waals surface area contributed by atoms with E-state index in [0.29, 0.717) is 0 Å². The van der Waals surface area contributed by atoms with Crippen LogP contribution in [0.2, 0.25) is 0 Å². The Kier molecular flexibility index (Phi) is 4.39. The van der Waals surface area contributed by atoms with E-state index < -0.39 is 5.60 Å². The van der Waals surface area contributed by atoms with Gasteiger partial charge in [-0.05, 0) is 42.7 Å². The number of hydrogen-bond acceptors (Lipinski definition) is 2. The SMILES string of the molecule is CC(C)C1CCCC(O)(Cc2cccnc2)CC1. The van der Waals surface area contributed by atoms with E-state index in [4.69, 9.17) is 0 Å². The Morgan fingerprint density at radius 3 is 2.89 bits per heavy atom. The number of aromatic nitrogens is 1. The fraction of sp³-hybridized carbons (Fsp3) is 0.688. The molecule has 0 aliphatic heterocycles. The molecule has 2 heteroatoms. The van der Waals surface area contributed by atoms with Gasteiger partial charge >= 0.3 is 0 Å². The second-order valence-electron chi connectivity index (χ2n) is 6.20. The van der Waals surface area contributed by atoms with Gasteiger partial charge in [0, 0.05) is 18.8 Å². The van der Waals surface area contributed by atoms with Crippen molar-refractivity contribution in [3.8, 4) is 0 Å². The van der Waals surface area contributed by atoms with Crippen LogP contribution >= 0.6 is 0 Å². The third-order valence-electron chi connectivity index (χ3n) is 4.40. The van der Waals surface area contributed by atoms with Crippen LogP contribution in [-0.2, 0) is 6.42 Å². The van der Waals surface area contributed by atoms with Crippen LogP contribution in [-0.4, -0.2) is 15.7 Å². The highest BCUT2D eigenvalue weighted by atomic mass is 16.3. The smallest absolute Gasteiger partial charge is 0.0688 e. The van der Waals surface area contributed by atoms with Gasteiger partial charge in [0.25, 0.3) is 0 Å². The first-order chi connectivity index (χ1) is 8.59. The molecular weight excluding hydrogens is 222 g/mol. The first-order valence-corrected chi connectivity index (χ1v) is 7.20. The second-order valence-corrected chi connectivity index (χ2v) is 6.20. The normalized spacial score (nSPS) is 29.2. The predicted molar refractivity (Wildman–Crippen MR) is 74.3 cm³/mol. The lowest BCUT2D eigenvalue weighted by Crippen LogP contribution is -2.30. The van der Waals surface area contributed by atoms with Crippen molar-refractivity contribution in [2.45, 2.75) is 58.0 Å². The Bertz CT molecular complexity index is 363. The van der Waals surface area contributed by atoms with E-state index in [1.54, 1.807) is 6.20 Å². The molecule has 1 aliphatic rings. The Morgan fingerprint density at radius 1 is 1.39 bits per heavy atom. The highest BCUT2D eigenvalue weighted by molar-refractivity contribution is 5.12. The quantitative estimate of drug-likeness (QED) is 0.828. The fourth-order valence-corrected chi connectivity index (χ4v) is 3.14. The van der Waals surface area contributed by atoms with Crippen LogP contribution in [0.15, 0.2) is 24.5 Å². The summed E-state index contributed by atoms with van der Waals surface area (Å²) < 4.78 is 0. The molecule has 18 heavy (non-hydrogen) atoms. The average molecular weight is 247 g/mol. The van der Waals surface area contributed by atoms with Crippen molar-refractivity contribution in [2.75, 3.05) is 0 Å². The van der Waals surface area contributed by atoms with Crippen LogP contribution < -0.4 is 0 Å². The third-order valence-corrected chi connectivity index (χ3v) is 4.40. The Hall–Kier alpha value is -0.890. The van der Waals surface area contributed by atoms with E-state index in [2.05, 4.69) is 24.9 Å². The van der Waals surface area contributed by atoms with E-state index in [1.807, 2.05) is 12.3 Å². The Labute approximate surface area is 110 Å². The van der Waals surface area contributed by atoms with Crippen molar-refractivity contribution in [3.05, 3.63) is 30.1 Å². The highest BCUT2D eigenvalue weighted by Gasteiger charge is 2.31. The van der Waals surface area contributed by atoms with Crippen LogP contribution in [0.1, 0.15) is 51.5 Å². The van der Waals surface area contributed by atoms with Crippen LogP contribution in [0.5, 0.6) is 0 Å². The third kappa shape index (κ3) is 3.55. The zero-order valence-corrected chi connectivity index (χ0v) is 11.6. The van der Waals surface area contributed by atoms with Crippen LogP contribution in [0.4, 0.5) is 0 Å². The van der Waals surface area contributed by atoms with Gasteiger partial charge in [0.15, 0.2) is 0 Å². The monoisotopic (exact) mass is 247 g/mol. The maximum Gasteiger partial charge on any atom is 0.0688 e. The number of aliphatic hydroxyl groups is 1. The number of pyridine rings is 1. The van der Waals surface area contributed by atoms with Gasteiger partial charge in [0.1, 0.15) is 0 Å². The molecule has 1 aliphatic carbocycles. The standard InChI is InChI=1S/C16H25NO/c1-13(2)15-6-3-8-16(18,9-7-15)11-14-5-4-10-17-12-14/h4-5,10,12-13,15,18H,3,6-9,11H2,1-2H3. The van der Waals surface area contributed by atoms with Crippen LogP contribution in [0.3, 0.4) is 0 Å². The molecular formula is C16H25NO. The topological polar surface area (TPSA) is 33.1 Å². The van der Waals surface area contributed by atoms with Gasteiger partial charge in [-0.3, -0.25) is 4.98 Å². The first kappa shape index (κ1) is 13.5. The summed E-state index contributed by atoms with van der Waals surface area (Å²) in [7, 11) is 0. The van der Waals surface area contributed by atoms with Gasteiger partial charge in [-0.25, -0.2) is 0 Å². The molecule has 100 valence electrons. The Balaban J connectivity index is 1.99.